The van der Waals surface area contributed by atoms with Crippen LogP contribution in [0.15, 0.2) is 148 Å². The Morgan fingerprint density at radius 1 is 0.466 bits per heavy atom. The fourth-order valence-corrected chi connectivity index (χ4v) is 11.5. The lowest BCUT2D eigenvalue weighted by molar-refractivity contribution is -0.00518. The van der Waals surface area contributed by atoms with Gasteiger partial charge in [0.05, 0.1) is 11.1 Å². The van der Waals surface area contributed by atoms with Gasteiger partial charge in [0.1, 0.15) is 22.3 Å². The van der Waals surface area contributed by atoms with Gasteiger partial charge in [-0.25, -0.2) is 15.0 Å². The fraction of sp³-hybridized carbons (Fsp3) is 0.192. The van der Waals surface area contributed by atoms with Crippen molar-refractivity contribution in [3.63, 3.8) is 0 Å². The number of hydrogen-bond donors (Lipinski definition) is 0. The van der Waals surface area contributed by atoms with Crippen LogP contribution in [0, 0.1) is 17.8 Å². The molecule has 0 spiro atoms. The lowest BCUT2D eigenvalue weighted by atomic mass is 9.48. The minimum absolute atomic E-state index is 0.352. The lowest BCUT2D eigenvalue weighted by Gasteiger charge is -2.57. The third kappa shape index (κ3) is 5.03. The molecule has 6 nitrogen and oxygen atoms in total. The average Bonchev–Trinajstić information content (AvgIpc) is 3.83. The maximum atomic E-state index is 6.71. The van der Waals surface area contributed by atoms with E-state index in [1.54, 1.807) is 0 Å². The second kappa shape index (κ2) is 12.2. The summed E-state index contributed by atoms with van der Waals surface area (Å²) in [4.78, 5) is 20.3. The molecule has 0 atom stereocenters. The number of furan rings is 2. The molecule has 4 aliphatic rings. The molecule has 58 heavy (non-hydrogen) atoms. The smallest absolute Gasteiger partial charge is 0.167 e. The number of hydrogen-bond acceptors (Lipinski definition) is 6. The Morgan fingerprint density at radius 2 is 1.07 bits per heavy atom. The SMILES string of the molecule is c1cnc2cc(-c3nc(-c4ccc5oc6ccccc6c5c4)nc(-c4cc(-c5ccc(C67CC8CC(CC(C8)C6)C7)cc5)cc5c4oc4ccccc45)n3)ccc2c1. The van der Waals surface area contributed by atoms with Crippen molar-refractivity contribution in [2.75, 3.05) is 0 Å². The van der Waals surface area contributed by atoms with Gasteiger partial charge in [-0.2, -0.15) is 0 Å². The van der Waals surface area contributed by atoms with E-state index in [2.05, 4.69) is 89.9 Å². The minimum atomic E-state index is 0.352. The van der Waals surface area contributed by atoms with Gasteiger partial charge in [0.15, 0.2) is 17.5 Å². The van der Waals surface area contributed by atoms with Gasteiger partial charge in [-0.05, 0) is 133 Å². The Balaban J connectivity index is 1.01. The van der Waals surface area contributed by atoms with Gasteiger partial charge >= 0.3 is 0 Å². The van der Waals surface area contributed by atoms with Crippen LogP contribution in [0.3, 0.4) is 0 Å². The van der Waals surface area contributed by atoms with Crippen molar-refractivity contribution in [1.82, 2.24) is 19.9 Å². The van der Waals surface area contributed by atoms with Crippen LogP contribution in [0.2, 0.25) is 0 Å². The number of rotatable bonds is 5. The standard InChI is InChI=1S/C52H38N4O2/c1-3-9-45-39(7-1)41-23-35(15-18-47(41)57-45)49-54-50(36-12-11-34-6-5-19-53-44(34)26-36)56-51(55-49)43-25-37(24-42-40-8-2-4-10-46(40)58-48(42)43)33-13-16-38(17-14-33)52-27-30-20-31(28-52)22-32(21-30)29-52/h1-19,23-26,30-32H,20-22,27-29H2. The molecule has 4 bridgehead atoms. The molecule has 6 aromatic carbocycles. The van der Waals surface area contributed by atoms with Crippen molar-refractivity contribution < 1.29 is 8.83 Å². The summed E-state index contributed by atoms with van der Waals surface area (Å²) in [5, 5.41) is 5.24. The number of fused-ring (bicyclic) bond motifs is 7. The molecule has 0 unspecified atom stereocenters. The number of para-hydroxylation sites is 2. The summed E-state index contributed by atoms with van der Waals surface area (Å²) in [5.41, 5.74) is 10.9. The Kier molecular flexibility index (Phi) is 6.81. The molecule has 0 radical (unpaired) electrons. The van der Waals surface area contributed by atoms with E-state index in [-0.39, 0.29) is 0 Å². The van der Waals surface area contributed by atoms with E-state index < -0.39 is 0 Å². The quantitative estimate of drug-likeness (QED) is 0.174. The van der Waals surface area contributed by atoms with Gasteiger partial charge in [-0.1, -0.05) is 78.9 Å². The molecule has 278 valence electrons. The van der Waals surface area contributed by atoms with Crippen LogP contribution in [-0.2, 0) is 5.41 Å². The first-order valence-corrected chi connectivity index (χ1v) is 20.7. The highest BCUT2D eigenvalue weighted by Gasteiger charge is 2.51. The van der Waals surface area contributed by atoms with Crippen LogP contribution < -0.4 is 0 Å². The molecule has 4 fully saturated rings. The predicted octanol–water partition coefficient (Wildman–Crippen LogP) is 13.4. The van der Waals surface area contributed by atoms with E-state index in [1.807, 2.05) is 54.7 Å². The second-order valence-electron chi connectivity index (χ2n) is 17.3. The molecule has 0 N–H and O–H groups in total. The maximum absolute atomic E-state index is 6.71. The summed E-state index contributed by atoms with van der Waals surface area (Å²) in [5.74, 6) is 4.42. The van der Waals surface area contributed by atoms with Crippen molar-refractivity contribution in [2.45, 2.75) is 43.9 Å². The Bertz CT molecular complexity index is 3250. The molecule has 4 aliphatic carbocycles. The largest absolute Gasteiger partial charge is 0.456 e. The van der Waals surface area contributed by atoms with E-state index in [0.29, 0.717) is 22.9 Å². The summed E-state index contributed by atoms with van der Waals surface area (Å²) in [7, 11) is 0. The fourth-order valence-electron chi connectivity index (χ4n) is 11.5. The van der Waals surface area contributed by atoms with Crippen molar-refractivity contribution >= 4 is 54.8 Å². The van der Waals surface area contributed by atoms with Crippen LogP contribution in [0.25, 0.3) is 100 Å². The van der Waals surface area contributed by atoms with Crippen molar-refractivity contribution in [2.24, 2.45) is 17.8 Å². The summed E-state index contributed by atoms with van der Waals surface area (Å²) in [6.07, 6.45) is 10.2. The zero-order chi connectivity index (χ0) is 38.0. The first kappa shape index (κ1) is 32.4. The Labute approximate surface area is 334 Å². The molecular formula is C52H38N4O2. The number of aromatic nitrogens is 4. The van der Waals surface area contributed by atoms with Crippen LogP contribution in [0.4, 0.5) is 0 Å². The van der Waals surface area contributed by atoms with Crippen molar-refractivity contribution in [3.8, 4) is 45.3 Å². The number of benzene rings is 6. The summed E-state index contributed by atoms with van der Waals surface area (Å²) in [6.45, 7) is 0. The molecule has 0 saturated heterocycles. The highest BCUT2D eigenvalue weighted by atomic mass is 16.3. The van der Waals surface area contributed by atoms with E-state index >= 15 is 0 Å². The summed E-state index contributed by atoms with van der Waals surface area (Å²) < 4.78 is 12.9. The monoisotopic (exact) mass is 750 g/mol. The topological polar surface area (TPSA) is 77.8 Å². The van der Waals surface area contributed by atoms with Gasteiger partial charge in [0.2, 0.25) is 0 Å². The lowest BCUT2D eigenvalue weighted by Crippen LogP contribution is -2.48. The average molecular weight is 751 g/mol. The zero-order valence-corrected chi connectivity index (χ0v) is 31.9. The molecule has 4 heterocycles. The highest BCUT2D eigenvalue weighted by molar-refractivity contribution is 6.11. The van der Waals surface area contributed by atoms with Crippen LogP contribution in [-0.4, -0.2) is 19.9 Å². The molecule has 10 aromatic rings. The summed E-state index contributed by atoms with van der Waals surface area (Å²) >= 11 is 0. The molecule has 4 aromatic heterocycles. The van der Waals surface area contributed by atoms with Gasteiger partial charge in [-0.3, -0.25) is 4.98 Å². The third-order valence-electron chi connectivity index (χ3n) is 13.7. The normalized spacial score (nSPS) is 21.3. The summed E-state index contributed by atoms with van der Waals surface area (Å²) in [6, 6.07) is 46.9. The Morgan fingerprint density at radius 3 is 1.83 bits per heavy atom. The molecular weight excluding hydrogens is 713 g/mol. The maximum Gasteiger partial charge on any atom is 0.167 e. The highest BCUT2D eigenvalue weighted by Crippen LogP contribution is 2.60. The van der Waals surface area contributed by atoms with Crippen LogP contribution in [0.1, 0.15) is 44.1 Å². The first-order valence-electron chi connectivity index (χ1n) is 20.7. The van der Waals surface area contributed by atoms with E-state index in [9.17, 15) is 0 Å². The van der Waals surface area contributed by atoms with Gasteiger partial charge in [0.25, 0.3) is 0 Å². The first-order chi connectivity index (χ1) is 28.6. The van der Waals surface area contributed by atoms with Crippen molar-refractivity contribution in [1.29, 1.82) is 0 Å². The van der Waals surface area contributed by atoms with Crippen molar-refractivity contribution in [3.05, 3.63) is 145 Å². The third-order valence-corrected chi connectivity index (χ3v) is 13.7. The molecule has 14 rings (SSSR count). The number of nitrogens with zero attached hydrogens (tertiary/aromatic N) is 4. The molecule has 6 heteroatoms. The Hall–Kier alpha value is -6.66. The van der Waals surface area contributed by atoms with E-state index in [4.69, 9.17) is 23.8 Å². The van der Waals surface area contributed by atoms with Gasteiger partial charge < -0.3 is 8.83 Å². The molecule has 0 aliphatic heterocycles. The second-order valence-corrected chi connectivity index (χ2v) is 17.3. The van der Waals surface area contributed by atoms with Gasteiger partial charge in [0, 0.05) is 44.3 Å². The minimum Gasteiger partial charge on any atom is -0.456 e. The molecule has 0 amide bonds. The predicted molar refractivity (Wildman–Crippen MR) is 231 cm³/mol. The van der Waals surface area contributed by atoms with Crippen LogP contribution in [0.5, 0.6) is 0 Å². The zero-order valence-electron chi connectivity index (χ0n) is 31.9. The van der Waals surface area contributed by atoms with Crippen LogP contribution >= 0.6 is 0 Å². The van der Waals surface area contributed by atoms with E-state index in [0.717, 1.165) is 94.8 Å². The molecule has 4 saturated carbocycles. The number of pyridine rings is 1. The van der Waals surface area contributed by atoms with E-state index in [1.165, 1.54) is 49.7 Å². The van der Waals surface area contributed by atoms with Gasteiger partial charge in [-0.15, -0.1) is 0 Å².